The number of hydrogen-bond acceptors (Lipinski definition) is 6. The van der Waals surface area contributed by atoms with Crippen molar-refractivity contribution < 1.29 is 23.9 Å². The molecule has 0 unspecified atom stereocenters. The SMILES string of the molecule is COCCONC(=O)CSCC(=O)N1CCOCC1. The van der Waals surface area contributed by atoms with Crippen LogP contribution in [0, 0.1) is 0 Å². The van der Waals surface area contributed by atoms with Gasteiger partial charge in [0.15, 0.2) is 0 Å². The van der Waals surface area contributed by atoms with Gasteiger partial charge in [-0.2, -0.15) is 0 Å². The van der Waals surface area contributed by atoms with Gasteiger partial charge in [-0.05, 0) is 0 Å². The Balaban J connectivity index is 2.02. The van der Waals surface area contributed by atoms with Crippen LogP contribution in [0.5, 0.6) is 0 Å². The standard InChI is InChI=1S/C11H20N2O5S/c1-16-6-7-18-12-10(14)8-19-9-11(15)13-2-4-17-5-3-13/h2-9H2,1H3,(H,12,14). The van der Waals surface area contributed by atoms with Crippen molar-refractivity contribution in [2.24, 2.45) is 0 Å². The third-order valence-electron chi connectivity index (χ3n) is 2.40. The summed E-state index contributed by atoms with van der Waals surface area (Å²) in [7, 11) is 1.55. The quantitative estimate of drug-likeness (QED) is 0.470. The lowest BCUT2D eigenvalue weighted by Gasteiger charge is -2.26. The number of hydrogen-bond donors (Lipinski definition) is 1. The first kappa shape index (κ1) is 16.2. The Hall–Kier alpha value is -0.830. The van der Waals surface area contributed by atoms with Crippen molar-refractivity contribution in [3.63, 3.8) is 0 Å². The van der Waals surface area contributed by atoms with Gasteiger partial charge in [0.1, 0.15) is 0 Å². The van der Waals surface area contributed by atoms with E-state index in [0.29, 0.717) is 45.3 Å². The van der Waals surface area contributed by atoms with E-state index in [4.69, 9.17) is 14.3 Å². The normalized spacial score (nSPS) is 15.3. The number of thioether (sulfide) groups is 1. The first-order valence-corrected chi connectivity index (χ1v) is 7.22. The molecule has 1 N–H and O–H groups in total. The number of methoxy groups -OCH3 is 1. The summed E-state index contributed by atoms with van der Waals surface area (Å²) in [5.74, 6) is 0.284. The summed E-state index contributed by atoms with van der Waals surface area (Å²) in [6.45, 7) is 3.16. The van der Waals surface area contributed by atoms with Crippen molar-refractivity contribution in [2.75, 3.05) is 58.1 Å². The molecule has 1 aliphatic heterocycles. The average molecular weight is 292 g/mol. The Morgan fingerprint density at radius 2 is 2.00 bits per heavy atom. The maximum Gasteiger partial charge on any atom is 0.253 e. The molecular formula is C11H20N2O5S. The second-order valence-corrected chi connectivity index (χ2v) is 4.84. The van der Waals surface area contributed by atoms with E-state index in [2.05, 4.69) is 5.48 Å². The summed E-state index contributed by atoms with van der Waals surface area (Å²) in [6, 6.07) is 0. The highest BCUT2D eigenvalue weighted by Crippen LogP contribution is 2.04. The first-order valence-electron chi connectivity index (χ1n) is 6.07. The second-order valence-electron chi connectivity index (χ2n) is 3.85. The summed E-state index contributed by atoms with van der Waals surface area (Å²) in [6.07, 6.45) is 0. The molecule has 2 amide bonds. The zero-order valence-electron chi connectivity index (χ0n) is 11.1. The Kier molecular flexibility index (Phi) is 8.55. The lowest BCUT2D eigenvalue weighted by Crippen LogP contribution is -2.41. The topological polar surface area (TPSA) is 77.1 Å². The summed E-state index contributed by atoms with van der Waals surface area (Å²) in [5.41, 5.74) is 2.29. The van der Waals surface area contributed by atoms with E-state index < -0.39 is 0 Å². The zero-order valence-corrected chi connectivity index (χ0v) is 11.9. The minimum Gasteiger partial charge on any atom is -0.382 e. The van der Waals surface area contributed by atoms with Crippen molar-refractivity contribution >= 4 is 23.6 Å². The number of nitrogens with one attached hydrogen (secondary N) is 1. The highest BCUT2D eigenvalue weighted by atomic mass is 32.2. The van der Waals surface area contributed by atoms with Crippen molar-refractivity contribution in [3.8, 4) is 0 Å². The number of hydroxylamine groups is 1. The number of nitrogens with zero attached hydrogens (tertiary/aromatic N) is 1. The van der Waals surface area contributed by atoms with Gasteiger partial charge in [-0.1, -0.05) is 0 Å². The third-order valence-corrected chi connectivity index (χ3v) is 3.32. The summed E-state index contributed by atoms with van der Waals surface area (Å²) in [5, 5.41) is 0. The zero-order chi connectivity index (χ0) is 13.9. The Morgan fingerprint density at radius 1 is 1.26 bits per heavy atom. The number of carbonyl (C=O) groups is 2. The number of rotatable bonds is 8. The minimum absolute atomic E-state index is 0.0430. The van der Waals surface area contributed by atoms with Crippen molar-refractivity contribution in [3.05, 3.63) is 0 Å². The molecule has 1 heterocycles. The first-order chi connectivity index (χ1) is 9.24. The Morgan fingerprint density at radius 3 is 2.68 bits per heavy atom. The van der Waals surface area contributed by atoms with Gasteiger partial charge >= 0.3 is 0 Å². The molecule has 19 heavy (non-hydrogen) atoms. The van der Waals surface area contributed by atoms with Gasteiger partial charge in [-0.3, -0.25) is 14.4 Å². The van der Waals surface area contributed by atoms with Gasteiger partial charge < -0.3 is 14.4 Å². The van der Waals surface area contributed by atoms with E-state index >= 15 is 0 Å². The van der Waals surface area contributed by atoms with Gasteiger partial charge in [0, 0.05) is 20.2 Å². The number of ether oxygens (including phenoxy) is 2. The smallest absolute Gasteiger partial charge is 0.253 e. The maximum atomic E-state index is 11.7. The van der Waals surface area contributed by atoms with Crippen LogP contribution in [0.2, 0.25) is 0 Å². The summed E-state index contributed by atoms with van der Waals surface area (Å²) >= 11 is 1.27. The van der Waals surface area contributed by atoms with E-state index in [1.807, 2.05) is 0 Å². The average Bonchev–Trinajstić information content (AvgIpc) is 2.44. The predicted octanol–water partition coefficient (Wildman–Crippen LogP) is -0.727. The van der Waals surface area contributed by atoms with E-state index in [9.17, 15) is 9.59 Å². The van der Waals surface area contributed by atoms with E-state index in [1.165, 1.54) is 11.8 Å². The van der Waals surface area contributed by atoms with Gasteiger partial charge in [-0.15, -0.1) is 11.8 Å². The molecule has 0 spiro atoms. The fourth-order valence-electron chi connectivity index (χ4n) is 1.42. The van der Waals surface area contributed by atoms with Crippen LogP contribution in [0.15, 0.2) is 0 Å². The van der Waals surface area contributed by atoms with Gasteiger partial charge in [0.25, 0.3) is 5.91 Å². The highest BCUT2D eigenvalue weighted by molar-refractivity contribution is 8.00. The fourth-order valence-corrected chi connectivity index (χ4v) is 2.12. The minimum atomic E-state index is -0.254. The molecule has 8 heteroatoms. The number of carbonyl (C=O) groups excluding carboxylic acids is 2. The van der Waals surface area contributed by atoms with Crippen LogP contribution in [-0.4, -0.2) is 74.8 Å². The molecule has 1 fully saturated rings. The molecule has 0 bridgehead atoms. The number of morpholine rings is 1. The van der Waals surface area contributed by atoms with E-state index in [-0.39, 0.29) is 17.6 Å². The van der Waals surface area contributed by atoms with Crippen LogP contribution in [-0.2, 0) is 23.9 Å². The highest BCUT2D eigenvalue weighted by Gasteiger charge is 2.16. The van der Waals surface area contributed by atoms with Gasteiger partial charge in [0.05, 0.1) is 37.9 Å². The molecule has 0 radical (unpaired) electrons. The lowest BCUT2D eigenvalue weighted by atomic mass is 10.4. The van der Waals surface area contributed by atoms with Crippen LogP contribution in [0.1, 0.15) is 0 Å². The summed E-state index contributed by atoms with van der Waals surface area (Å²) < 4.78 is 9.93. The number of amides is 2. The van der Waals surface area contributed by atoms with Gasteiger partial charge in [-0.25, -0.2) is 5.48 Å². The van der Waals surface area contributed by atoms with Crippen LogP contribution < -0.4 is 5.48 Å². The molecule has 0 aromatic rings. The third kappa shape index (κ3) is 7.36. The molecule has 0 saturated carbocycles. The Labute approximate surface area is 116 Å². The molecule has 1 saturated heterocycles. The lowest BCUT2D eigenvalue weighted by molar-refractivity contribution is -0.132. The molecule has 0 aromatic heterocycles. The van der Waals surface area contributed by atoms with Crippen LogP contribution in [0.3, 0.4) is 0 Å². The van der Waals surface area contributed by atoms with Crippen molar-refractivity contribution in [1.29, 1.82) is 0 Å². The van der Waals surface area contributed by atoms with E-state index in [0.717, 1.165) is 0 Å². The predicted molar refractivity (Wildman–Crippen MR) is 70.7 cm³/mol. The molecule has 0 atom stereocenters. The molecule has 7 nitrogen and oxygen atoms in total. The van der Waals surface area contributed by atoms with Crippen LogP contribution in [0.4, 0.5) is 0 Å². The second kappa shape index (κ2) is 10.0. The molecular weight excluding hydrogens is 272 g/mol. The van der Waals surface area contributed by atoms with Crippen molar-refractivity contribution in [2.45, 2.75) is 0 Å². The fraction of sp³-hybridized carbons (Fsp3) is 0.818. The van der Waals surface area contributed by atoms with Crippen molar-refractivity contribution in [1.82, 2.24) is 10.4 Å². The monoisotopic (exact) mass is 292 g/mol. The van der Waals surface area contributed by atoms with Crippen LogP contribution in [0.25, 0.3) is 0 Å². The molecule has 110 valence electrons. The van der Waals surface area contributed by atoms with E-state index in [1.54, 1.807) is 12.0 Å². The van der Waals surface area contributed by atoms with Gasteiger partial charge in [0.2, 0.25) is 5.91 Å². The summed E-state index contributed by atoms with van der Waals surface area (Å²) in [4.78, 5) is 29.7. The molecule has 0 aromatic carbocycles. The maximum absolute atomic E-state index is 11.7. The molecule has 1 rings (SSSR count). The van der Waals surface area contributed by atoms with Crippen LogP contribution >= 0.6 is 11.8 Å². The Bertz CT molecular complexity index is 284. The molecule has 0 aliphatic carbocycles. The largest absolute Gasteiger partial charge is 0.382 e. The molecule has 1 aliphatic rings.